The summed E-state index contributed by atoms with van der Waals surface area (Å²) in [5, 5.41) is 8.35. The zero-order valence-electron chi connectivity index (χ0n) is 15.9. The summed E-state index contributed by atoms with van der Waals surface area (Å²) in [5.41, 5.74) is 4.97. The normalized spacial score (nSPS) is 15.6. The lowest BCUT2D eigenvalue weighted by molar-refractivity contribution is -0.126. The van der Waals surface area contributed by atoms with Gasteiger partial charge >= 0.3 is 0 Å². The van der Waals surface area contributed by atoms with Crippen LogP contribution in [0.3, 0.4) is 0 Å². The molecular formula is C22H22ClN3O2. The first-order chi connectivity index (χ1) is 13.5. The van der Waals surface area contributed by atoms with Gasteiger partial charge in [0.25, 0.3) is 0 Å². The monoisotopic (exact) mass is 395 g/mol. The van der Waals surface area contributed by atoms with Gasteiger partial charge in [0.15, 0.2) is 0 Å². The van der Waals surface area contributed by atoms with Crippen molar-refractivity contribution in [3.63, 3.8) is 0 Å². The highest BCUT2D eigenvalue weighted by Crippen LogP contribution is 2.30. The number of carbonyl (C=O) groups is 1. The van der Waals surface area contributed by atoms with Gasteiger partial charge in [-0.05, 0) is 56.2 Å². The van der Waals surface area contributed by atoms with Gasteiger partial charge in [-0.2, -0.15) is 5.10 Å². The molecule has 4 rings (SSSR count). The van der Waals surface area contributed by atoms with Crippen LogP contribution in [-0.2, 0) is 17.8 Å². The fourth-order valence-corrected chi connectivity index (χ4v) is 3.80. The number of ether oxygens (including phenoxy) is 1. The SMILES string of the molecule is Cc1nn(-c2ccccc2)c(C)c1CNC(=O)[C@@H]1COc2ccc(Cl)cc2C1. The number of rotatable bonds is 4. The van der Waals surface area contributed by atoms with Crippen molar-refractivity contribution >= 4 is 17.5 Å². The maximum atomic E-state index is 12.7. The number of para-hydroxylation sites is 1. The molecule has 1 aliphatic heterocycles. The summed E-state index contributed by atoms with van der Waals surface area (Å²) < 4.78 is 7.65. The van der Waals surface area contributed by atoms with Crippen LogP contribution in [0.4, 0.5) is 0 Å². The zero-order chi connectivity index (χ0) is 19.7. The molecule has 1 aliphatic rings. The summed E-state index contributed by atoms with van der Waals surface area (Å²) >= 11 is 6.07. The molecule has 1 N–H and O–H groups in total. The highest BCUT2D eigenvalue weighted by atomic mass is 35.5. The lowest BCUT2D eigenvalue weighted by Gasteiger charge is -2.24. The second-order valence-corrected chi connectivity index (χ2v) is 7.52. The molecule has 0 spiro atoms. The molecule has 144 valence electrons. The van der Waals surface area contributed by atoms with Crippen molar-refractivity contribution in [1.29, 1.82) is 0 Å². The van der Waals surface area contributed by atoms with E-state index in [0.29, 0.717) is 24.6 Å². The third-order valence-electron chi connectivity index (χ3n) is 5.18. The maximum Gasteiger partial charge on any atom is 0.227 e. The molecule has 3 aromatic rings. The molecule has 0 bridgehead atoms. The van der Waals surface area contributed by atoms with Gasteiger partial charge in [0.2, 0.25) is 5.91 Å². The Morgan fingerprint density at radius 1 is 1.25 bits per heavy atom. The molecule has 0 radical (unpaired) electrons. The van der Waals surface area contributed by atoms with Gasteiger partial charge in [-0.1, -0.05) is 29.8 Å². The Balaban J connectivity index is 1.45. The molecule has 0 saturated carbocycles. The summed E-state index contributed by atoms with van der Waals surface area (Å²) in [6, 6.07) is 15.5. The molecule has 1 aromatic heterocycles. The van der Waals surface area contributed by atoms with Crippen LogP contribution >= 0.6 is 11.6 Å². The van der Waals surface area contributed by atoms with Crippen LogP contribution in [0.15, 0.2) is 48.5 Å². The Morgan fingerprint density at radius 3 is 2.82 bits per heavy atom. The Morgan fingerprint density at radius 2 is 2.04 bits per heavy atom. The maximum absolute atomic E-state index is 12.7. The topological polar surface area (TPSA) is 56.2 Å². The van der Waals surface area contributed by atoms with Crippen molar-refractivity contribution < 1.29 is 9.53 Å². The minimum atomic E-state index is -0.226. The van der Waals surface area contributed by atoms with Crippen LogP contribution in [-0.4, -0.2) is 22.3 Å². The van der Waals surface area contributed by atoms with Gasteiger partial charge < -0.3 is 10.1 Å². The summed E-state index contributed by atoms with van der Waals surface area (Å²) in [5.74, 6) is 0.567. The molecule has 0 unspecified atom stereocenters. The quantitative estimate of drug-likeness (QED) is 0.726. The molecule has 1 atom stereocenters. The largest absolute Gasteiger partial charge is 0.492 e. The average Bonchev–Trinajstić information content (AvgIpc) is 2.99. The fourth-order valence-electron chi connectivity index (χ4n) is 3.60. The number of hydrogen-bond donors (Lipinski definition) is 1. The fraction of sp³-hybridized carbons (Fsp3) is 0.273. The van der Waals surface area contributed by atoms with Crippen LogP contribution in [0.5, 0.6) is 5.75 Å². The molecule has 6 heteroatoms. The van der Waals surface area contributed by atoms with E-state index in [-0.39, 0.29) is 11.8 Å². The molecule has 2 aromatic carbocycles. The van der Waals surface area contributed by atoms with E-state index in [2.05, 4.69) is 10.4 Å². The van der Waals surface area contributed by atoms with Gasteiger partial charge in [0, 0.05) is 22.8 Å². The van der Waals surface area contributed by atoms with E-state index >= 15 is 0 Å². The lowest BCUT2D eigenvalue weighted by atomic mass is 9.96. The van der Waals surface area contributed by atoms with E-state index in [1.165, 1.54) is 0 Å². The first kappa shape index (κ1) is 18.6. The molecule has 0 aliphatic carbocycles. The van der Waals surface area contributed by atoms with Crippen molar-refractivity contribution in [1.82, 2.24) is 15.1 Å². The van der Waals surface area contributed by atoms with Gasteiger partial charge in [-0.15, -0.1) is 0 Å². The Kier molecular flexibility index (Phi) is 5.09. The van der Waals surface area contributed by atoms with Crippen LogP contribution < -0.4 is 10.1 Å². The minimum Gasteiger partial charge on any atom is -0.492 e. The summed E-state index contributed by atoms with van der Waals surface area (Å²) in [7, 11) is 0. The second-order valence-electron chi connectivity index (χ2n) is 7.08. The summed E-state index contributed by atoms with van der Waals surface area (Å²) in [6.07, 6.45) is 0.628. The highest BCUT2D eigenvalue weighted by Gasteiger charge is 2.26. The standard InChI is InChI=1S/C22H22ClN3O2/c1-14-20(15(2)26(25-14)19-6-4-3-5-7-19)12-24-22(27)17-10-16-11-18(23)8-9-21(16)28-13-17/h3-9,11,17H,10,12-13H2,1-2H3,(H,24,27)/t17-/m0/s1. The van der Waals surface area contributed by atoms with Crippen LogP contribution in [0, 0.1) is 19.8 Å². The van der Waals surface area contributed by atoms with Crippen molar-refractivity contribution in [2.45, 2.75) is 26.8 Å². The molecular weight excluding hydrogens is 374 g/mol. The molecule has 2 heterocycles. The molecule has 5 nitrogen and oxygen atoms in total. The van der Waals surface area contributed by atoms with Crippen molar-refractivity contribution in [3.8, 4) is 11.4 Å². The van der Waals surface area contributed by atoms with E-state index in [1.54, 1.807) is 6.07 Å². The molecule has 0 saturated heterocycles. The van der Waals surface area contributed by atoms with Gasteiger partial charge in [0.1, 0.15) is 12.4 Å². The average molecular weight is 396 g/mol. The molecule has 0 fully saturated rings. The Hall–Kier alpha value is -2.79. The number of hydrogen-bond acceptors (Lipinski definition) is 3. The number of nitrogens with zero attached hydrogens (tertiary/aromatic N) is 2. The van der Waals surface area contributed by atoms with E-state index in [0.717, 1.165) is 34.0 Å². The summed E-state index contributed by atoms with van der Waals surface area (Å²) in [4.78, 5) is 12.7. The predicted octanol–water partition coefficient (Wildman–Crippen LogP) is 4.01. The smallest absolute Gasteiger partial charge is 0.227 e. The number of nitrogens with one attached hydrogen (secondary N) is 1. The highest BCUT2D eigenvalue weighted by molar-refractivity contribution is 6.30. The predicted molar refractivity (Wildman–Crippen MR) is 109 cm³/mol. The Bertz CT molecular complexity index is 1010. The number of amides is 1. The van der Waals surface area contributed by atoms with Crippen molar-refractivity contribution in [2.24, 2.45) is 5.92 Å². The third kappa shape index (κ3) is 3.62. The van der Waals surface area contributed by atoms with E-state index < -0.39 is 0 Å². The molecule has 28 heavy (non-hydrogen) atoms. The van der Waals surface area contributed by atoms with Crippen molar-refractivity contribution in [2.75, 3.05) is 6.61 Å². The van der Waals surface area contributed by atoms with Gasteiger partial charge in [-0.25, -0.2) is 4.68 Å². The van der Waals surface area contributed by atoms with Crippen LogP contribution in [0.25, 0.3) is 5.69 Å². The number of benzene rings is 2. The second kappa shape index (κ2) is 7.68. The van der Waals surface area contributed by atoms with E-state index in [9.17, 15) is 4.79 Å². The van der Waals surface area contributed by atoms with Crippen LogP contribution in [0.2, 0.25) is 5.02 Å². The molecule has 1 amide bonds. The number of aryl methyl sites for hydroxylation is 1. The van der Waals surface area contributed by atoms with Gasteiger partial charge in [0.05, 0.1) is 17.3 Å². The lowest BCUT2D eigenvalue weighted by Crippen LogP contribution is -2.37. The first-order valence-corrected chi connectivity index (χ1v) is 9.70. The van der Waals surface area contributed by atoms with E-state index in [1.807, 2.05) is 61.0 Å². The first-order valence-electron chi connectivity index (χ1n) is 9.32. The number of carbonyl (C=O) groups excluding carboxylic acids is 1. The third-order valence-corrected chi connectivity index (χ3v) is 5.42. The Labute approximate surface area is 169 Å². The van der Waals surface area contributed by atoms with Crippen LogP contribution in [0.1, 0.15) is 22.5 Å². The minimum absolute atomic E-state index is 0.0168. The number of aromatic nitrogens is 2. The van der Waals surface area contributed by atoms with Crippen molar-refractivity contribution in [3.05, 3.63) is 76.1 Å². The number of fused-ring (bicyclic) bond motifs is 1. The van der Waals surface area contributed by atoms with E-state index in [4.69, 9.17) is 16.3 Å². The van der Waals surface area contributed by atoms with Gasteiger partial charge in [-0.3, -0.25) is 4.79 Å². The summed E-state index contributed by atoms with van der Waals surface area (Å²) in [6.45, 7) is 4.82. The number of halogens is 1. The zero-order valence-corrected chi connectivity index (χ0v) is 16.7.